The number of carbonyl (C=O) groups is 1. The van der Waals surface area contributed by atoms with E-state index in [0.29, 0.717) is 6.61 Å². The molecule has 0 radical (unpaired) electrons. The van der Waals surface area contributed by atoms with Gasteiger partial charge in [0, 0.05) is 6.54 Å². The molecule has 1 aliphatic rings. The molecule has 1 heterocycles. The van der Waals surface area contributed by atoms with E-state index in [9.17, 15) is 13.2 Å². The number of rotatable bonds is 9. The predicted molar refractivity (Wildman–Crippen MR) is 74.9 cm³/mol. The van der Waals surface area contributed by atoms with Gasteiger partial charge in [-0.1, -0.05) is 0 Å². The molecule has 0 unspecified atom stereocenters. The molecule has 1 saturated heterocycles. The maximum absolute atomic E-state index is 11.6. The zero-order valence-corrected chi connectivity index (χ0v) is 12.7. The molecule has 0 aromatic heterocycles. The number of sulfonamides is 1. The van der Waals surface area contributed by atoms with Crippen LogP contribution in [0.25, 0.3) is 0 Å². The number of carbonyl (C=O) groups excluding carboxylic acids is 1. The molecule has 20 heavy (non-hydrogen) atoms. The average molecular weight is 308 g/mol. The number of ether oxygens (including phenoxy) is 2. The largest absolute Gasteiger partial charge is 0.466 e. The van der Waals surface area contributed by atoms with Gasteiger partial charge in [-0.05, 0) is 32.9 Å². The first-order valence-electron chi connectivity index (χ1n) is 6.99. The Kier molecular flexibility index (Phi) is 8.05. The molecule has 1 fully saturated rings. The molecule has 2 N–H and O–H groups in total. The van der Waals surface area contributed by atoms with Gasteiger partial charge in [-0.25, -0.2) is 13.1 Å². The zero-order chi connectivity index (χ0) is 14.8. The lowest BCUT2D eigenvalue weighted by atomic mass is 10.1. The summed E-state index contributed by atoms with van der Waals surface area (Å²) in [7, 11) is -3.44. The van der Waals surface area contributed by atoms with Gasteiger partial charge >= 0.3 is 5.97 Å². The predicted octanol–water partition coefficient (Wildman–Crippen LogP) is -0.372. The van der Waals surface area contributed by atoms with Crippen LogP contribution in [0.15, 0.2) is 0 Å². The lowest BCUT2D eigenvalue weighted by Gasteiger charge is -2.22. The van der Waals surface area contributed by atoms with E-state index in [1.165, 1.54) is 0 Å². The lowest BCUT2D eigenvalue weighted by Crippen LogP contribution is -2.35. The summed E-state index contributed by atoms with van der Waals surface area (Å²) in [4.78, 5) is 11.1. The van der Waals surface area contributed by atoms with Crippen LogP contribution < -0.4 is 10.0 Å². The number of nitrogens with one attached hydrogen (secondary N) is 2. The van der Waals surface area contributed by atoms with Crippen molar-refractivity contribution in [2.45, 2.75) is 32.3 Å². The molecule has 0 saturated carbocycles. The normalized spacial score (nSPS) is 17.1. The van der Waals surface area contributed by atoms with Crippen molar-refractivity contribution in [2.24, 2.45) is 0 Å². The van der Waals surface area contributed by atoms with Crippen LogP contribution in [-0.4, -0.2) is 59.1 Å². The molecule has 0 aliphatic carbocycles. The van der Waals surface area contributed by atoms with Gasteiger partial charge in [-0.15, -0.1) is 0 Å². The highest BCUT2D eigenvalue weighted by molar-refractivity contribution is 7.89. The van der Waals surface area contributed by atoms with Crippen LogP contribution in [0.4, 0.5) is 0 Å². The van der Waals surface area contributed by atoms with Crippen molar-refractivity contribution >= 4 is 16.0 Å². The monoisotopic (exact) mass is 308 g/mol. The first-order valence-corrected chi connectivity index (χ1v) is 8.64. The van der Waals surface area contributed by atoms with Crippen molar-refractivity contribution in [1.82, 2.24) is 10.0 Å². The Balaban J connectivity index is 2.11. The molecule has 8 heteroatoms. The SMILES string of the molecule is CCOC(=O)CCS(=O)(=O)NCCOC1CCNCC1. The molecule has 0 bridgehead atoms. The average Bonchev–Trinajstić information content (AvgIpc) is 2.43. The van der Waals surface area contributed by atoms with E-state index in [1.807, 2.05) is 0 Å². The Bertz CT molecular complexity index is 379. The molecule has 0 spiro atoms. The quantitative estimate of drug-likeness (QED) is 0.446. The van der Waals surface area contributed by atoms with Gasteiger partial charge in [0.2, 0.25) is 10.0 Å². The molecular formula is C12H24N2O5S. The van der Waals surface area contributed by atoms with Crippen molar-refractivity contribution in [3.63, 3.8) is 0 Å². The fourth-order valence-corrected chi connectivity index (χ4v) is 2.88. The van der Waals surface area contributed by atoms with Gasteiger partial charge in [0.25, 0.3) is 0 Å². The topological polar surface area (TPSA) is 93.7 Å². The Morgan fingerprint density at radius 2 is 2.05 bits per heavy atom. The van der Waals surface area contributed by atoms with Crippen LogP contribution in [0.2, 0.25) is 0 Å². The summed E-state index contributed by atoms with van der Waals surface area (Å²) in [6, 6.07) is 0. The van der Waals surface area contributed by atoms with Gasteiger partial charge in [0.15, 0.2) is 0 Å². The summed E-state index contributed by atoms with van der Waals surface area (Å²) in [5.74, 6) is -0.747. The first-order chi connectivity index (χ1) is 9.53. The first kappa shape index (κ1) is 17.4. The Morgan fingerprint density at radius 1 is 1.35 bits per heavy atom. The van der Waals surface area contributed by atoms with Crippen molar-refractivity contribution in [1.29, 1.82) is 0 Å². The minimum absolute atomic E-state index is 0.127. The van der Waals surface area contributed by atoms with Gasteiger partial charge in [-0.3, -0.25) is 4.79 Å². The summed E-state index contributed by atoms with van der Waals surface area (Å²) < 4.78 is 35.9. The van der Waals surface area contributed by atoms with E-state index < -0.39 is 16.0 Å². The van der Waals surface area contributed by atoms with Crippen molar-refractivity contribution in [2.75, 3.05) is 38.6 Å². The third-order valence-corrected chi connectivity index (χ3v) is 4.33. The van der Waals surface area contributed by atoms with E-state index >= 15 is 0 Å². The molecule has 1 aliphatic heterocycles. The Morgan fingerprint density at radius 3 is 2.70 bits per heavy atom. The number of hydrogen-bond donors (Lipinski definition) is 2. The third-order valence-electron chi connectivity index (χ3n) is 2.94. The van der Waals surface area contributed by atoms with Crippen molar-refractivity contribution in [3.05, 3.63) is 0 Å². The zero-order valence-electron chi connectivity index (χ0n) is 11.9. The Hall–Kier alpha value is -0.700. The summed E-state index contributed by atoms with van der Waals surface area (Å²) in [6.45, 7) is 4.41. The second-order valence-corrected chi connectivity index (χ2v) is 6.51. The van der Waals surface area contributed by atoms with Crippen LogP contribution in [0.1, 0.15) is 26.2 Å². The molecule has 0 aromatic rings. The second kappa shape index (κ2) is 9.28. The molecule has 118 valence electrons. The molecule has 0 atom stereocenters. The Labute approximate surface area is 120 Å². The maximum atomic E-state index is 11.6. The highest BCUT2D eigenvalue weighted by Gasteiger charge is 2.15. The molecule has 0 amide bonds. The molecule has 0 aromatic carbocycles. The van der Waals surface area contributed by atoms with Crippen molar-refractivity contribution < 1.29 is 22.7 Å². The minimum Gasteiger partial charge on any atom is -0.466 e. The summed E-state index contributed by atoms with van der Waals surface area (Å²) in [5, 5.41) is 3.23. The van der Waals surface area contributed by atoms with Crippen LogP contribution in [-0.2, 0) is 24.3 Å². The third kappa shape index (κ3) is 7.78. The molecule has 7 nitrogen and oxygen atoms in total. The summed E-state index contributed by atoms with van der Waals surface area (Å²) in [5.41, 5.74) is 0. The summed E-state index contributed by atoms with van der Waals surface area (Å²) in [6.07, 6.45) is 1.99. The number of esters is 1. The standard InChI is InChI=1S/C12H24N2O5S/c1-2-18-12(15)5-10-20(16,17)14-8-9-19-11-3-6-13-7-4-11/h11,13-14H,2-10H2,1H3. The maximum Gasteiger partial charge on any atom is 0.306 e. The number of piperidine rings is 1. The highest BCUT2D eigenvalue weighted by atomic mass is 32.2. The van der Waals surface area contributed by atoms with Gasteiger partial charge in [-0.2, -0.15) is 0 Å². The number of hydrogen-bond acceptors (Lipinski definition) is 6. The van der Waals surface area contributed by atoms with Crippen LogP contribution >= 0.6 is 0 Å². The smallest absolute Gasteiger partial charge is 0.306 e. The van der Waals surface area contributed by atoms with Crippen LogP contribution in [0, 0.1) is 0 Å². The van der Waals surface area contributed by atoms with E-state index in [-0.39, 0.29) is 31.4 Å². The van der Waals surface area contributed by atoms with E-state index in [2.05, 4.69) is 14.8 Å². The van der Waals surface area contributed by atoms with Gasteiger partial charge in [0.05, 0.1) is 31.5 Å². The fourth-order valence-electron chi connectivity index (χ4n) is 1.91. The molecular weight excluding hydrogens is 284 g/mol. The van der Waals surface area contributed by atoms with E-state index in [0.717, 1.165) is 25.9 Å². The van der Waals surface area contributed by atoms with E-state index in [1.54, 1.807) is 6.92 Å². The van der Waals surface area contributed by atoms with Crippen LogP contribution in [0.5, 0.6) is 0 Å². The van der Waals surface area contributed by atoms with Crippen molar-refractivity contribution in [3.8, 4) is 0 Å². The van der Waals surface area contributed by atoms with E-state index in [4.69, 9.17) is 4.74 Å². The molecule has 1 rings (SSSR count). The fraction of sp³-hybridized carbons (Fsp3) is 0.917. The highest BCUT2D eigenvalue weighted by Crippen LogP contribution is 2.06. The van der Waals surface area contributed by atoms with Gasteiger partial charge in [0.1, 0.15) is 0 Å². The second-order valence-electron chi connectivity index (χ2n) is 4.59. The summed E-state index contributed by atoms with van der Waals surface area (Å²) >= 11 is 0. The lowest BCUT2D eigenvalue weighted by molar-refractivity contribution is -0.142. The van der Waals surface area contributed by atoms with Gasteiger partial charge < -0.3 is 14.8 Å². The van der Waals surface area contributed by atoms with Crippen LogP contribution in [0.3, 0.4) is 0 Å². The minimum atomic E-state index is -3.44.